The van der Waals surface area contributed by atoms with Gasteiger partial charge < -0.3 is 14.3 Å². The van der Waals surface area contributed by atoms with Crippen LogP contribution in [0.15, 0.2) is 57.7 Å². The molecule has 1 N–H and O–H groups in total. The van der Waals surface area contributed by atoms with Crippen molar-refractivity contribution in [3.05, 3.63) is 65.5 Å². The van der Waals surface area contributed by atoms with Gasteiger partial charge in [0.15, 0.2) is 11.5 Å². The summed E-state index contributed by atoms with van der Waals surface area (Å²) in [4.78, 5) is 12.4. The number of carbonyl (C=O) groups is 1. The number of hydrogen-bond acceptors (Lipinski definition) is 4. The molecule has 1 aliphatic rings. The highest BCUT2D eigenvalue weighted by atomic mass is 16.5. The molecule has 3 aromatic rings. The zero-order valence-corrected chi connectivity index (χ0v) is 12.5. The van der Waals surface area contributed by atoms with Crippen LogP contribution in [0.2, 0.25) is 0 Å². The average molecular weight is 308 g/mol. The lowest BCUT2D eigenvalue weighted by Crippen LogP contribution is -2.31. The van der Waals surface area contributed by atoms with Gasteiger partial charge in [0.05, 0.1) is 12.3 Å². The zero-order chi connectivity index (χ0) is 15.6. The van der Waals surface area contributed by atoms with Crippen LogP contribution in [-0.4, -0.2) is 11.1 Å². The van der Waals surface area contributed by atoms with Crippen LogP contribution in [0.1, 0.15) is 40.5 Å². The molecule has 0 saturated carbocycles. The molecular weight excluding hydrogens is 292 g/mol. The first kappa shape index (κ1) is 13.8. The molecule has 5 heteroatoms. The maximum atomic E-state index is 12.4. The Morgan fingerprint density at radius 3 is 2.96 bits per heavy atom. The van der Waals surface area contributed by atoms with E-state index in [0.717, 1.165) is 19.3 Å². The number of rotatable bonds is 3. The first-order valence-corrected chi connectivity index (χ1v) is 7.70. The molecule has 0 aliphatic heterocycles. The second-order valence-electron chi connectivity index (χ2n) is 5.67. The van der Waals surface area contributed by atoms with Gasteiger partial charge in [0, 0.05) is 6.07 Å². The molecule has 5 nitrogen and oxygen atoms in total. The second-order valence-corrected chi connectivity index (χ2v) is 5.67. The topological polar surface area (TPSA) is 68.3 Å². The van der Waals surface area contributed by atoms with E-state index in [1.807, 2.05) is 12.1 Å². The second kappa shape index (κ2) is 5.76. The predicted octanol–water partition coefficient (Wildman–Crippen LogP) is 3.74. The smallest absolute Gasteiger partial charge is 0.273 e. The first-order valence-electron chi connectivity index (χ1n) is 7.70. The fourth-order valence-electron chi connectivity index (χ4n) is 3.05. The number of aromatic nitrogens is 1. The van der Waals surface area contributed by atoms with Crippen LogP contribution >= 0.6 is 0 Å². The van der Waals surface area contributed by atoms with Gasteiger partial charge in [0.1, 0.15) is 0 Å². The van der Waals surface area contributed by atoms with Crippen molar-refractivity contribution in [2.24, 2.45) is 0 Å². The Hall–Kier alpha value is -2.82. The van der Waals surface area contributed by atoms with Crippen LogP contribution in [0.25, 0.3) is 11.5 Å². The number of carbonyl (C=O) groups excluding carboxylic acids is 1. The van der Waals surface area contributed by atoms with Gasteiger partial charge in [0.25, 0.3) is 5.91 Å². The quantitative estimate of drug-likeness (QED) is 0.800. The molecule has 2 heterocycles. The summed E-state index contributed by atoms with van der Waals surface area (Å²) in [6.45, 7) is 0. The third kappa shape index (κ3) is 2.65. The van der Waals surface area contributed by atoms with Crippen molar-refractivity contribution in [3.8, 4) is 11.5 Å². The Balaban J connectivity index is 1.53. The maximum Gasteiger partial charge on any atom is 0.273 e. The van der Waals surface area contributed by atoms with Crippen LogP contribution in [0.4, 0.5) is 0 Å². The lowest BCUT2D eigenvalue weighted by molar-refractivity contribution is 0.0923. The molecule has 2 aromatic heterocycles. The highest BCUT2D eigenvalue weighted by molar-refractivity contribution is 5.93. The van der Waals surface area contributed by atoms with Crippen LogP contribution in [-0.2, 0) is 6.42 Å². The van der Waals surface area contributed by atoms with Gasteiger partial charge in [-0.2, -0.15) is 0 Å². The molecule has 23 heavy (non-hydrogen) atoms. The molecule has 1 atom stereocenters. The number of fused-ring (bicyclic) bond motifs is 1. The van der Waals surface area contributed by atoms with E-state index in [1.165, 1.54) is 11.1 Å². The first-order chi connectivity index (χ1) is 11.3. The predicted molar refractivity (Wildman–Crippen MR) is 83.8 cm³/mol. The van der Waals surface area contributed by atoms with E-state index in [0.29, 0.717) is 11.5 Å². The Kier molecular flexibility index (Phi) is 3.46. The summed E-state index contributed by atoms with van der Waals surface area (Å²) in [5.74, 6) is 0.775. The minimum atomic E-state index is -0.228. The lowest BCUT2D eigenvalue weighted by atomic mass is 9.87. The largest absolute Gasteiger partial charge is 0.461 e. The summed E-state index contributed by atoms with van der Waals surface area (Å²) < 4.78 is 10.4. The lowest BCUT2D eigenvalue weighted by Gasteiger charge is -2.25. The molecule has 0 saturated heterocycles. The van der Waals surface area contributed by atoms with E-state index in [1.54, 1.807) is 24.5 Å². The zero-order valence-electron chi connectivity index (χ0n) is 12.5. The number of nitrogens with zero attached hydrogens (tertiary/aromatic N) is 1. The number of amides is 1. The van der Waals surface area contributed by atoms with E-state index in [4.69, 9.17) is 8.94 Å². The average Bonchev–Trinajstić information content (AvgIpc) is 3.26. The van der Waals surface area contributed by atoms with Crippen molar-refractivity contribution in [1.29, 1.82) is 0 Å². The SMILES string of the molecule is O=C(NC1CCCc2ccccc21)c1cc(-c2ccco2)on1. The Morgan fingerprint density at radius 2 is 2.09 bits per heavy atom. The number of benzene rings is 1. The molecular formula is C18H16N2O3. The molecule has 1 unspecified atom stereocenters. The van der Waals surface area contributed by atoms with E-state index < -0.39 is 0 Å². The fourth-order valence-corrected chi connectivity index (χ4v) is 3.05. The van der Waals surface area contributed by atoms with Gasteiger partial charge in [-0.15, -0.1) is 0 Å². The van der Waals surface area contributed by atoms with E-state index >= 15 is 0 Å². The van der Waals surface area contributed by atoms with Crippen LogP contribution in [0.5, 0.6) is 0 Å². The van der Waals surface area contributed by atoms with Crippen molar-refractivity contribution < 1.29 is 13.7 Å². The Morgan fingerprint density at radius 1 is 1.17 bits per heavy atom. The van der Waals surface area contributed by atoms with Gasteiger partial charge >= 0.3 is 0 Å². The summed E-state index contributed by atoms with van der Waals surface area (Å²) in [6, 6.07) is 13.4. The molecule has 1 amide bonds. The minimum absolute atomic E-state index is 0.0243. The third-order valence-corrected chi connectivity index (χ3v) is 4.18. The van der Waals surface area contributed by atoms with Gasteiger partial charge in [-0.3, -0.25) is 4.79 Å². The molecule has 1 aliphatic carbocycles. The molecule has 0 radical (unpaired) electrons. The van der Waals surface area contributed by atoms with Gasteiger partial charge in [-0.25, -0.2) is 0 Å². The number of furan rings is 1. The van der Waals surface area contributed by atoms with Crippen molar-refractivity contribution >= 4 is 5.91 Å². The van der Waals surface area contributed by atoms with Crippen LogP contribution in [0.3, 0.4) is 0 Å². The van der Waals surface area contributed by atoms with E-state index in [9.17, 15) is 4.79 Å². The van der Waals surface area contributed by atoms with Crippen molar-refractivity contribution in [3.63, 3.8) is 0 Å². The number of hydrogen-bond donors (Lipinski definition) is 1. The summed E-state index contributed by atoms with van der Waals surface area (Å²) in [6.07, 6.45) is 4.62. The number of aryl methyl sites for hydroxylation is 1. The van der Waals surface area contributed by atoms with Crippen LogP contribution in [0, 0.1) is 0 Å². The highest BCUT2D eigenvalue weighted by Gasteiger charge is 2.23. The van der Waals surface area contributed by atoms with E-state index in [2.05, 4.69) is 22.6 Å². The Bertz CT molecular complexity index is 820. The van der Waals surface area contributed by atoms with Crippen molar-refractivity contribution in [2.45, 2.75) is 25.3 Å². The van der Waals surface area contributed by atoms with Crippen LogP contribution < -0.4 is 5.32 Å². The van der Waals surface area contributed by atoms with Gasteiger partial charge in [-0.1, -0.05) is 29.4 Å². The van der Waals surface area contributed by atoms with Crippen molar-refractivity contribution in [2.75, 3.05) is 0 Å². The highest BCUT2D eigenvalue weighted by Crippen LogP contribution is 2.30. The van der Waals surface area contributed by atoms with Gasteiger partial charge in [0.2, 0.25) is 5.76 Å². The third-order valence-electron chi connectivity index (χ3n) is 4.18. The molecule has 1 aromatic carbocycles. The van der Waals surface area contributed by atoms with E-state index in [-0.39, 0.29) is 17.6 Å². The molecule has 0 spiro atoms. The summed E-state index contributed by atoms with van der Waals surface area (Å²) >= 11 is 0. The normalized spacial score (nSPS) is 16.8. The molecule has 0 bridgehead atoms. The molecule has 0 fully saturated rings. The van der Waals surface area contributed by atoms with Crippen molar-refractivity contribution in [1.82, 2.24) is 10.5 Å². The minimum Gasteiger partial charge on any atom is -0.461 e. The maximum absolute atomic E-state index is 12.4. The monoisotopic (exact) mass is 308 g/mol. The van der Waals surface area contributed by atoms with Gasteiger partial charge in [-0.05, 0) is 42.5 Å². The summed E-state index contributed by atoms with van der Waals surface area (Å²) in [5.41, 5.74) is 2.77. The fraction of sp³-hybridized carbons (Fsp3) is 0.222. The summed E-state index contributed by atoms with van der Waals surface area (Å²) in [7, 11) is 0. The number of nitrogens with one attached hydrogen (secondary N) is 1. The molecule has 116 valence electrons. The Labute approximate surface area is 133 Å². The summed E-state index contributed by atoms with van der Waals surface area (Å²) in [5, 5.41) is 6.90. The molecule has 4 rings (SSSR count). The standard InChI is InChI=1S/C18H16N2O3/c21-18(15-11-17(23-20-15)16-9-4-10-22-16)19-14-8-3-6-12-5-1-2-7-13(12)14/h1-2,4-5,7,9-11,14H,3,6,8H2,(H,19,21).